The van der Waals surface area contributed by atoms with Gasteiger partial charge in [0.15, 0.2) is 0 Å². The average Bonchev–Trinajstić information content (AvgIpc) is 3.34. The molecular weight excluding hydrogens is 462 g/mol. The number of aryl methyl sites for hydroxylation is 3. The third-order valence-corrected chi connectivity index (χ3v) is 7.37. The number of amides is 1. The fourth-order valence-electron chi connectivity index (χ4n) is 5.11. The van der Waals surface area contributed by atoms with Crippen molar-refractivity contribution in [3.8, 4) is 11.3 Å². The highest BCUT2D eigenvalue weighted by Gasteiger charge is 2.22. The summed E-state index contributed by atoms with van der Waals surface area (Å²) in [6.45, 7) is 12.0. The van der Waals surface area contributed by atoms with E-state index in [1.807, 2.05) is 23.1 Å². The van der Waals surface area contributed by atoms with E-state index < -0.39 is 0 Å². The average molecular weight is 498 g/mol. The van der Waals surface area contributed by atoms with Crippen LogP contribution in [0.5, 0.6) is 0 Å². The molecule has 5 rings (SSSR count). The van der Waals surface area contributed by atoms with Crippen LogP contribution in [0.25, 0.3) is 16.8 Å². The van der Waals surface area contributed by atoms with Crippen LogP contribution in [-0.4, -0.2) is 51.2 Å². The lowest BCUT2D eigenvalue weighted by Gasteiger charge is -2.37. The van der Waals surface area contributed by atoms with E-state index in [0.29, 0.717) is 37.5 Å². The van der Waals surface area contributed by atoms with Crippen molar-refractivity contribution in [2.75, 3.05) is 31.1 Å². The van der Waals surface area contributed by atoms with Gasteiger partial charge in [0.2, 0.25) is 5.91 Å². The van der Waals surface area contributed by atoms with Gasteiger partial charge in [0.05, 0.1) is 5.69 Å². The lowest BCUT2D eigenvalue weighted by atomic mass is 10.0. The molecule has 4 aromatic rings. The number of hydrogen-bond donors (Lipinski definition) is 0. The minimum Gasteiger partial charge on any atom is -0.368 e. The number of piperazine rings is 1. The fraction of sp³-hybridized carbons (Fsp3) is 0.367. The SMILES string of the molecule is Cc1ccc(N2CCN(C(=O)CCn3ccn4nc(-c5ccc(C(C)C)cc5)cc4c3=O)CC2)c(C)c1. The van der Waals surface area contributed by atoms with Gasteiger partial charge in [-0.3, -0.25) is 9.59 Å². The summed E-state index contributed by atoms with van der Waals surface area (Å²) in [5.41, 5.74) is 7.17. The molecule has 192 valence electrons. The van der Waals surface area contributed by atoms with Gasteiger partial charge >= 0.3 is 0 Å². The van der Waals surface area contributed by atoms with E-state index in [4.69, 9.17) is 0 Å². The maximum Gasteiger partial charge on any atom is 0.276 e. The van der Waals surface area contributed by atoms with Crippen LogP contribution < -0.4 is 10.5 Å². The Labute approximate surface area is 217 Å². The Balaban J connectivity index is 1.22. The number of rotatable bonds is 6. The van der Waals surface area contributed by atoms with Crippen molar-refractivity contribution in [3.63, 3.8) is 0 Å². The summed E-state index contributed by atoms with van der Waals surface area (Å²) in [5, 5.41) is 4.59. The molecule has 7 nitrogen and oxygen atoms in total. The predicted molar refractivity (Wildman–Crippen MR) is 148 cm³/mol. The molecule has 0 bridgehead atoms. The van der Waals surface area contributed by atoms with Crippen molar-refractivity contribution < 1.29 is 4.79 Å². The Kier molecular flexibility index (Phi) is 6.87. The number of benzene rings is 2. The Morgan fingerprint density at radius 3 is 2.35 bits per heavy atom. The molecular formula is C30H35N5O2. The molecule has 2 aromatic carbocycles. The van der Waals surface area contributed by atoms with Crippen LogP contribution in [0.2, 0.25) is 0 Å². The van der Waals surface area contributed by atoms with Gasteiger partial charge in [-0.1, -0.05) is 55.8 Å². The molecule has 37 heavy (non-hydrogen) atoms. The van der Waals surface area contributed by atoms with Crippen molar-refractivity contribution in [1.82, 2.24) is 19.1 Å². The summed E-state index contributed by atoms with van der Waals surface area (Å²) in [6, 6.07) is 16.7. The Morgan fingerprint density at radius 1 is 0.946 bits per heavy atom. The highest BCUT2D eigenvalue weighted by molar-refractivity contribution is 5.76. The highest BCUT2D eigenvalue weighted by Crippen LogP contribution is 2.23. The standard InChI is InChI=1S/C30H35N5O2/c1-21(2)24-6-8-25(9-7-24)26-20-28-30(37)34(17-18-35(28)31-26)12-11-29(36)33-15-13-32(14-16-33)27-10-5-22(3)19-23(27)4/h5-10,17-21H,11-16H2,1-4H3. The van der Waals surface area contributed by atoms with Crippen LogP contribution in [0.1, 0.15) is 42.9 Å². The van der Waals surface area contributed by atoms with Crippen LogP contribution in [0.3, 0.4) is 0 Å². The third kappa shape index (κ3) is 5.17. The molecule has 3 heterocycles. The van der Waals surface area contributed by atoms with Crippen molar-refractivity contribution >= 4 is 17.1 Å². The summed E-state index contributed by atoms with van der Waals surface area (Å²) >= 11 is 0. The maximum atomic E-state index is 13.1. The predicted octanol–water partition coefficient (Wildman–Crippen LogP) is 4.64. The van der Waals surface area contributed by atoms with Gasteiger partial charge in [-0.2, -0.15) is 5.10 Å². The molecule has 0 unspecified atom stereocenters. The molecule has 1 amide bonds. The van der Waals surface area contributed by atoms with Crippen molar-refractivity contribution in [3.05, 3.63) is 88.0 Å². The second-order valence-electron chi connectivity index (χ2n) is 10.3. The van der Waals surface area contributed by atoms with E-state index >= 15 is 0 Å². The maximum absolute atomic E-state index is 13.1. The molecule has 0 aliphatic carbocycles. The van der Waals surface area contributed by atoms with E-state index in [2.05, 4.69) is 68.0 Å². The number of aromatic nitrogens is 3. The molecule has 1 aliphatic rings. The number of nitrogens with zero attached hydrogens (tertiary/aromatic N) is 5. The van der Waals surface area contributed by atoms with Gasteiger partial charge in [-0.05, 0) is 43.0 Å². The zero-order valence-corrected chi connectivity index (χ0v) is 22.1. The summed E-state index contributed by atoms with van der Waals surface area (Å²) in [7, 11) is 0. The monoisotopic (exact) mass is 497 g/mol. The molecule has 0 spiro atoms. The van der Waals surface area contributed by atoms with E-state index in [9.17, 15) is 9.59 Å². The molecule has 2 aromatic heterocycles. The number of carbonyl (C=O) groups excluding carboxylic acids is 1. The van der Waals surface area contributed by atoms with Gasteiger partial charge in [-0.15, -0.1) is 0 Å². The second kappa shape index (κ2) is 10.2. The first kappa shape index (κ1) is 24.8. The minimum absolute atomic E-state index is 0.0893. The lowest BCUT2D eigenvalue weighted by molar-refractivity contribution is -0.131. The van der Waals surface area contributed by atoms with Gasteiger partial charge in [0.1, 0.15) is 5.52 Å². The van der Waals surface area contributed by atoms with E-state index in [-0.39, 0.29) is 11.5 Å². The van der Waals surface area contributed by atoms with Gasteiger partial charge in [0, 0.05) is 62.8 Å². The zero-order chi connectivity index (χ0) is 26.1. The van der Waals surface area contributed by atoms with Crippen LogP contribution in [-0.2, 0) is 11.3 Å². The largest absolute Gasteiger partial charge is 0.368 e. The first-order valence-corrected chi connectivity index (χ1v) is 13.1. The van der Waals surface area contributed by atoms with Crippen molar-refractivity contribution in [2.45, 2.75) is 46.6 Å². The zero-order valence-electron chi connectivity index (χ0n) is 22.1. The molecule has 0 saturated carbocycles. The Morgan fingerprint density at radius 2 is 1.68 bits per heavy atom. The summed E-state index contributed by atoms with van der Waals surface area (Å²) in [6.07, 6.45) is 3.81. The molecule has 7 heteroatoms. The number of fused-ring (bicyclic) bond motifs is 1. The van der Waals surface area contributed by atoms with E-state index in [0.717, 1.165) is 24.3 Å². The van der Waals surface area contributed by atoms with E-state index in [1.54, 1.807) is 21.5 Å². The second-order valence-corrected chi connectivity index (χ2v) is 10.3. The van der Waals surface area contributed by atoms with Crippen molar-refractivity contribution in [2.24, 2.45) is 0 Å². The van der Waals surface area contributed by atoms with Crippen LogP contribution in [0.4, 0.5) is 5.69 Å². The smallest absolute Gasteiger partial charge is 0.276 e. The number of hydrogen-bond acceptors (Lipinski definition) is 4. The fourth-order valence-corrected chi connectivity index (χ4v) is 5.11. The van der Waals surface area contributed by atoms with Gasteiger partial charge in [-0.25, -0.2) is 4.52 Å². The van der Waals surface area contributed by atoms with Crippen LogP contribution in [0, 0.1) is 13.8 Å². The highest BCUT2D eigenvalue weighted by atomic mass is 16.2. The normalized spacial score (nSPS) is 14.1. The van der Waals surface area contributed by atoms with Gasteiger partial charge in [0.25, 0.3) is 5.56 Å². The summed E-state index contributed by atoms with van der Waals surface area (Å²) in [4.78, 5) is 30.3. The topological polar surface area (TPSA) is 62.9 Å². The number of anilines is 1. The molecule has 1 saturated heterocycles. The molecule has 1 aliphatic heterocycles. The molecule has 1 fully saturated rings. The van der Waals surface area contributed by atoms with Gasteiger partial charge < -0.3 is 14.4 Å². The quantitative estimate of drug-likeness (QED) is 0.389. The van der Waals surface area contributed by atoms with Crippen LogP contribution >= 0.6 is 0 Å². The molecule has 0 N–H and O–H groups in total. The number of carbonyl (C=O) groups is 1. The van der Waals surface area contributed by atoms with Crippen molar-refractivity contribution in [1.29, 1.82) is 0 Å². The first-order chi connectivity index (χ1) is 17.8. The Hall–Kier alpha value is -3.87. The summed E-state index contributed by atoms with van der Waals surface area (Å²) in [5.74, 6) is 0.554. The first-order valence-electron chi connectivity index (χ1n) is 13.1. The lowest BCUT2D eigenvalue weighted by Crippen LogP contribution is -2.49. The molecule has 0 atom stereocenters. The third-order valence-electron chi connectivity index (χ3n) is 7.37. The van der Waals surface area contributed by atoms with Crippen LogP contribution in [0.15, 0.2) is 65.7 Å². The summed E-state index contributed by atoms with van der Waals surface area (Å²) < 4.78 is 3.24. The molecule has 0 radical (unpaired) electrons. The van der Waals surface area contributed by atoms with E-state index in [1.165, 1.54) is 22.4 Å². The Bertz CT molecular complexity index is 1470. The minimum atomic E-state index is -0.132.